The van der Waals surface area contributed by atoms with Crippen LogP contribution in [-0.4, -0.2) is 35.2 Å². The molecule has 0 radical (unpaired) electrons. The molecule has 8 nitrogen and oxygen atoms in total. The van der Waals surface area contributed by atoms with Crippen LogP contribution in [0.2, 0.25) is 0 Å². The Morgan fingerprint density at radius 1 is 1.22 bits per heavy atom. The largest absolute Gasteiger partial charge is 0.365 e. The van der Waals surface area contributed by atoms with Gasteiger partial charge in [0.25, 0.3) is 11.8 Å². The number of nitrogens with zero attached hydrogens (tertiary/aromatic N) is 1. The van der Waals surface area contributed by atoms with E-state index in [-0.39, 0.29) is 6.42 Å². The number of rotatable bonds is 6. The molecule has 1 unspecified atom stereocenters. The lowest BCUT2D eigenvalue weighted by atomic mass is 9.87. The molecule has 10 heteroatoms. The van der Waals surface area contributed by atoms with Crippen LogP contribution in [0, 0.1) is 5.82 Å². The summed E-state index contributed by atoms with van der Waals surface area (Å²) in [5.74, 6) is -2.28. The molecule has 2 heterocycles. The molecular weight excluding hydrogens is 435 g/mol. The number of hydrogen-bond donors (Lipinski definition) is 3. The average Bonchev–Trinajstić information content (AvgIpc) is 3.24. The first-order valence-corrected chi connectivity index (χ1v) is 11.2. The Labute approximate surface area is 188 Å². The number of nitrogens with two attached hydrogens (primary N) is 1. The highest BCUT2D eigenvalue weighted by atomic mass is 32.1. The molecule has 1 aliphatic heterocycles. The fourth-order valence-electron chi connectivity index (χ4n) is 4.37. The molecule has 1 fully saturated rings. The Balaban J connectivity index is 1.55. The van der Waals surface area contributed by atoms with Gasteiger partial charge in [-0.2, -0.15) is 0 Å². The number of thiophene rings is 1. The number of halogens is 1. The molecule has 2 aliphatic rings. The van der Waals surface area contributed by atoms with E-state index in [1.807, 2.05) is 0 Å². The molecule has 0 saturated carbocycles. The SMILES string of the molecule is CCC1(c2ccc(F)cc2)NC(=O)N(CC(=O)Nc2sc3c(c2C(N)=O)CCCC3)C1=O. The van der Waals surface area contributed by atoms with Crippen LogP contribution in [0.4, 0.5) is 14.2 Å². The molecule has 32 heavy (non-hydrogen) atoms. The zero-order valence-corrected chi connectivity index (χ0v) is 18.3. The summed E-state index contributed by atoms with van der Waals surface area (Å²) in [6.45, 7) is 1.20. The maximum Gasteiger partial charge on any atom is 0.325 e. The van der Waals surface area contributed by atoms with Crippen molar-refractivity contribution in [1.82, 2.24) is 10.2 Å². The second kappa shape index (κ2) is 8.34. The van der Waals surface area contributed by atoms with Gasteiger partial charge in [-0.15, -0.1) is 11.3 Å². The molecule has 168 valence electrons. The van der Waals surface area contributed by atoms with Gasteiger partial charge >= 0.3 is 6.03 Å². The second-order valence-electron chi connectivity index (χ2n) is 7.91. The van der Waals surface area contributed by atoms with Gasteiger partial charge < -0.3 is 16.4 Å². The van der Waals surface area contributed by atoms with Gasteiger partial charge in [-0.25, -0.2) is 9.18 Å². The highest BCUT2D eigenvalue weighted by molar-refractivity contribution is 7.17. The maximum atomic E-state index is 13.3. The Morgan fingerprint density at radius 3 is 2.56 bits per heavy atom. The lowest BCUT2D eigenvalue weighted by Crippen LogP contribution is -2.44. The molecular formula is C22H23FN4O4S. The van der Waals surface area contributed by atoms with Crippen molar-refractivity contribution >= 4 is 40.1 Å². The molecule has 4 rings (SSSR count). The number of anilines is 1. The van der Waals surface area contributed by atoms with Crippen LogP contribution < -0.4 is 16.4 Å². The number of urea groups is 1. The number of benzene rings is 1. The van der Waals surface area contributed by atoms with Crippen LogP contribution in [0.3, 0.4) is 0 Å². The lowest BCUT2D eigenvalue weighted by Gasteiger charge is -2.25. The summed E-state index contributed by atoms with van der Waals surface area (Å²) in [7, 11) is 0. The van der Waals surface area contributed by atoms with Crippen molar-refractivity contribution in [1.29, 1.82) is 0 Å². The summed E-state index contributed by atoms with van der Waals surface area (Å²) in [5.41, 5.74) is 5.81. The summed E-state index contributed by atoms with van der Waals surface area (Å²) in [6, 6.07) is 4.60. The van der Waals surface area contributed by atoms with Crippen molar-refractivity contribution in [3.05, 3.63) is 51.7 Å². The number of primary amides is 1. The molecule has 1 aromatic heterocycles. The number of aryl methyl sites for hydroxylation is 1. The first kappa shape index (κ1) is 21.9. The van der Waals surface area contributed by atoms with Gasteiger partial charge in [-0.1, -0.05) is 19.1 Å². The number of fused-ring (bicyclic) bond motifs is 1. The lowest BCUT2D eigenvalue weighted by molar-refractivity contribution is -0.134. The number of carbonyl (C=O) groups excluding carboxylic acids is 4. The zero-order valence-electron chi connectivity index (χ0n) is 17.5. The smallest absolute Gasteiger partial charge is 0.325 e. The minimum absolute atomic E-state index is 0.227. The standard InChI is InChI=1S/C22H23FN4O4S/c1-2-22(12-7-9-13(23)10-8-12)20(30)27(21(31)26-22)11-16(28)25-19-17(18(24)29)14-5-3-4-6-15(14)32-19/h7-10H,2-6,11H2,1H3,(H2,24,29)(H,25,28)(H,26,31). The maximum absolute atomic E-state index is 13.3. The van der Waals surface area contributed by atoms with Gasteiger partial charge in [0.1, 0.15) is 22.9 Å². The third-order valence-corrected chi connectivity index (χ3v) is 7.22. The number of nitrogens with one attached hydrogen (secondary N) is 2. The molecule has 2 aromatic rings. The van der Waals surface area contributed by atoms with Crippen LogP contribution >= 0.6 is 11.3 Å². The van der Waals surface area contributed by atoms with Crippen molar-refractivity contribution in [2.45, 2.75) is 44.6 Å². The minimum atomic E-state index is -1.37. The number of hydrogen-bond acceptors (Lipinski definition) is 5. The number of carbonyl (C=O) groups is 4. The molecule has 1 aromatic carbocycles. The quantitative estimate of drug-likeness (QED) is 0.576. The Morgan fingerprint density at radius 2 is 1.91 bits per heavy atom. The third-order valence-electron chi connectivity index (χ3n) is 6.02. The summed E-state index contributed by atoms with van der Waals surface area (Å²) < 4.78 is 13.3. The van der Waals surface area contributed by atoms with E-state index in [1.54, 1.807) is 6.92 Å². The first-order chi connectivity index (χ1) is 15.3. The molecule has 0 spiro atoms. The van der Waals surface area contributed by atoms with E-state index < -0.39 is 41.7 Å². The van der Waals surface area contributed by atoms with Gasteiger partial charge in [0.05, 0.1) is 5.56 Å². The molecule has 1 saturated heterocycles. The van der Waals surface area contributed by atoms with Crippen molar-refractivity contribution in [2.24, 2.45) is 5.73 Å². The van der Waals surface area contributed by atoms with Crippen molar-refractivity contribution < 1.29 is 23.6 Å². The van der Waals surface area contributed by atoms with Gasteiger partial charge in [0.15, 0.2) is 0 Å². The summed E-state index contributed by atoms with van der Waals surface area (Å²) in [4.78, 5) is 52.4. The van der Waals surface area contributed by atoms with E-state index in [1.165, 1.54) is 35.6 Å². The Bertz CT molecular complexity index is 1110. The van der Waals surface area contributed by atoms with Crippen molar-refractivity contribution in [2.75, 3.05) is 11.9 Å². The van der Waals surface area contributed by atoms with Crippen LogP contribution in [0.25, 0.3) is 0 Å². The number of imide groups is 1. The fourth-order valence-corrected chi connectivity index (χ4v) is 5.68. The normalized spacial score (nSPS) is 20.1. The van der Waals surface area contributed by atoms with E-state index in [0.29, 0.717) is 16.1 Å². The molecule has 4 N–H and O–H groups in total. The predicted octanol–water partition coefficient (Wildman–Crippen LogP) is 2.66. The van der Waals surface area contributed by atoms with Crippen molar-refractivity contribution in [3.8, 4) is 0 Å². The van der Waals surface area contributed by atoms with Crippen LogP contribution in [0.1, 0.15) is 52.5 Å². The molecule has 5 amide bonds. The first-order valence-electron chi connectivity index (χ1n) is 10.4. The topological polar surface area (TPSA) is 122 Å². The molecule has 1 atom stereocenters. The van der Waals surface area contributed by atoms with E-state index in [4.69, 9.17) is 5.73 Å². The van der Waals surface area contributed by atoms with Crippen LogP contribution in [0.5, 0.6) is 0 Å². The Kier molecular flexibility index (Phi) is 5.72. The van der Waals surface area contributed by atoms with Gasteiger partial charge in [-0.05, 0) is 55.4 Å². The van der Waals surface area contributed by atoms with Gasteiger partial charge in [0.2, 0.25) is 5.91 Å². The number of amides is 5. The van der Waals surface area contributed by atoms with E-state index in [2.05, 4.69) is 10.6 Å². The predicted molar refractivity (Wildman–Crippen MR) is 117 cm³/mol. The monoisotopic (exact) mass is 458 g/mol. The van der Waals surface area contributed by atoms with Crippen molar-refractivity contribution in [3.63, 3.8) is 0 Å². The van der Waals surface area contributed by atoms with Crippen LogP contribution in [-0.2, 0) is 28.0 Å². The van der Waals surface area contributed by atoms with E-state index >= 15 is 0 Å². The second-order valence-corrected chi connectivity index (χ2v) is 9.02. The van der Waals surface area contributed by atoms with Gasteiger partial charge in [-0.3, -0.25) is 19.3 Å². The van der Waals surface area contributed by atoms with Gasteiger partial charge in [0, 0.05) is 4.88 Å². The molecule has 0 bridgehead atoms. The summed E-state index contributed by atoms with van der Waals surface area (Å²) in [5, 5.41) is 5.67. The highest BCUT2D eigenvalue weighted by Crippen LogP contribution is 2.38. The van der Waals surface area contributed by atoms with Crippen LogP contribution in [0.15, 0.2) is 24.3 Å². The van der Waals surface area contributed by atoms with E-state index in [9.17, 15) is 23.6 Å². The Hall–Kier alpha value is -3.27. The summed E-state index contributed by atoms with van der Waals surface area (Å²) >= 11 is 1.31. The highest BCUT2D eigenvalue weighted by Gasteiger charge is 2.51. The zero-order chi connectivity index (χ0) is 23.0. The fraction of sp³-hybridized carbons (Fsp3) is 0.364. The third kappa shape index (κ3) is 3.64. The van der Waals surface area contributed by atoms with E-state index in [0.717, 1.165) is 41.0 Å². The average molecular weight is 459 g/mol. The molecule has 1 aliphatic carbocycles. The minimum Gasteiger partial charge on any atom is -0.365 e. The summed E-state index contributed by atoms with van der Waals surface area (Å²) in [6.07, 6.45) is 3.72.